The number of pyridine rings is 2. The summed E-state index contributed by atoms with van der Waals surface area (Å²) in [6, 6.07) is 4.22. The van der Waals surface area contributed by atoms with E-state index in [0.717, 1.165) is 59.2 Å². The normalized spacial score (nSPS) is 20.8. The highest BCUT2D eigenvalue weighted by Gasteiger charge is 2.45. The maximum atomic E-state index is 12.8. The fraction of sp³-hybridized carbons (Fsp3) is 0.458. The van der Waals surface area contributed by atoms with E-state index in [-0.39, 0.29) is 12.1 Å². The summed E-state index contributed by atoms with van der Waals surface area (Å²) in [5.41, 5.74) is 3.89. The minimum absolute atomic E-state index is 0.167. The van der Waals surface area contributed by atoms with E-state index >= 15 is 0 Å². The third kappa shape index (κ3) is 3.96. The van der Waals surface area contributed by atoms with Crippen LogP contribution >= 0.6 is 15.9 Å². The molecule has 2 unspecified atom stereocenters. The number of nitrogens with one attached hydrogen (secondary N) is 1. The summed E-state index contributed by atoms with van der Waals surface area (Å²) in [6.45, 7) is 8.22. The van der Waals surface area contributed by atoms with Crippen LogP contribution in [0.5, 0.6) is 0 Å². The van der Waals surface area contributed by atoms with Crippen molar-refractivity contribution in [2.24, 2.45) is 5.92 Å². The van der Waals surface area contributed by atoms with E-state index in [1.54, 1.807) is 6.20 Å². The second kappa shape index (κ2) is 8.06. The fourth-order valence-corrected chi connectivity index (χ4v) is 5.53. The van der Waals surface area contributed by atoms with Gasteiger partial charge >= 0.3 is 6.09 Å². The van der Waals surface area contributed by atoms with Gasteiger partial charge in [-0.15, -0.1) is 0 Å². The van der Waals surface area contributed by atoms with Gasteiger partial charge in [0.1, 0.15) is 11.2 Å². The van der Waals surface area contributed by atoms with Crippen molar-refractivity contribution in [2.75, 3.05) is 24.5 Å². The van der Waals surface area contributed by atoms with Crippen LogP contribution in [-0.2, 0) is 11.2 Å². The minimum Gasteiger partial charge on any atom is -0.444 e. The predicted octanol–water partition coefficient (Wildman–Crippen LogP) is 4.76. The number of H-pyrrole nitrogens is 1. The van der Waals surface area contributed by atoms with E-state index in [9.17, 15) is 4.79 Å². The Labute approximate surface area is 196 Å². The molecule has 0 aromatic carbocycles. The Hall–Kier alpha value is -2.61. The highest BCUT2D eigenvalue weighted by atomic mass is 79.9. The number of ether oxygens (including phenoxy) is 1. The Morgan fingerprint density at radius 1 is 1.31 bits per heavy atom. The maximum absolute atomic E-state index is 12.8. The number of nitrogens with zero attached hydrogens (tertiary/aromatic N) is 4. The molecule has 7 nitrogen and oxygen atoms in total. The van der Waals surface area contributed by atoms with Crippen LogP contribution in [0.1, 0.15) is 38.3 Å². The standard InChI is InChI=1S/C24H28BrN5O2/c1-24(2,3)32-23(31)30-8-6-16-13-29(14-19(16)30)21-18(25)12-28-22-20(21)17(11-27-22)9-15-5-4-7-26-10-15/h4-5,7,10-12,16,19H,6,8-9,13-14H2,1-3H3,(H,27,28). The lowest BCUT2D eigenvalue weighted by atomic mass is 10.0. The number of amides is 1. The highest BCUT2D eigenvalue weighted by Crippen LogP contribution is 2.41. The van der Waals surface area contributed by atoms with Crippen LogP contribution in [0.4, 0.5) is 10.5 Å². The smallest absolute Gasteiger partial charge is 0.410 e. The molecule has 0 aliphatic carbocycles. The molecule has 3 aromatic rings. The summed E-state index contributed by atoms with van der Waals surface area (Å²) in [4.78, 5) is 29.3. The second-order valence-corrected chi connectivity index (χ2v) is 10.6. The summed E-state index contributed by atoms with van der Waals surface area (Å²) in [6.07, 6.45) is 9.19. The van der Waals surface area contributed by atoms with Crippen molar-refractivity contribution < 1.29 is 9.53 Å². The van der Waals surface area contributed by atoms with Gasteiger partial charge in [-0.1, -0.05) is 6.07 Å². The number of halogens is 1. The van der Waals surface area contributed by atoms with E-state index < -0.39 is 5.60 Å². The molecule has 2 saturated heterocycles. The molecule has 5 heterocycles. The third-order valence-electron chi connectivity index (χ3n) is 6.32. The lowest BCUT2D eigenvalue weighted by Crippen LogP contribution is -2.42. The zero-order chi connectivity index (χ0) is 22.5. The van der Waals surface area contributed by atoms with Crippen molar-refractivity contribution in [1.29, 1.82) is 0 Å². The first-order valence-corrected chi connectivity index (χ1v) is 11.9. The molecule has 0 saturated carbocycles. The number of carbonyl (C=O) groups is 1. The Bertz CT molecular complexity index is 1140. The number of fused-ring (bicyclic) bond motifs is 2. The summed E-state index contributed by atoms with van der Waals surface area (Å²) < 4.78 is 6.65. The highest BCUT2D eigenvalue weighted by molar-refractivity contribution is 9.10. The molecule has 8 heteroatoms. The van der Waals surface area contributed by atoms with E-state index in [1.165, 1.54) is 5.56 Å². The Morgan fingerprint density at radius 2 is 2.16 bits per heavy atom. The van der Waals surface area contributed by atoms with Crippen LogP contribution in [0.2, 0.25) is 0 Å². The fourth-order valence-electron chi connectivity index (χ4n) is 4.98. The van der Waals surface area contributed by atoms with E-state index in [0.29, 0.717) is 5.92 Å². The molecule has 0 spiro atoms. The van der Waals surface area contributed by atoms with Gasteiger partial charge in [-0.25, -0.2) is 9.78 Å². The van der Waals surface area contributed by atoms with Crippen molar-refractivity contribution >= 4 is 38.7 Å². The average Bonchev–Trinajstić information content (AvgIpc) is 3.42. The minimum atomic E-state index is -0.486. The lowest BCUT2D eigenvalue weighted by molar-refractivity contribution is 0.0229. The van der Waals surface area contributed by atoms with Gasteiger partial charge in [0.25, 0.3) is 0 Å². The predicted molar refractivity (Wildman–Crippen MR) is 128 cm³/mol. The third-order valence-corrected chi connectivity index (χ3v) is 6.90. The SMILES string of the molecule is CC(C)(C)OC(=O)N1CCC2CN(c3c(Br)cnc4[nH]cc(Cc5cccnc5)c34)CC21. The molecule has 2 aliphatic rings. The molecule has 1 N–H and O–H groups in total. The molecule has 1 amide bonds. The van der Waals surface area contributed by atoms with Gasteiger partial charge in [-0.3, -0.25) is 4.98 Å². The number of hydrogen-bond acceptors (Lipinski definition) is 5. The van der Waals surface area contributed by atoms with E-state index in [4.69, 9.17) is 4.74 Å². The van der Waals surface area contributed by atoms with Gasteiger partial charge in [-0.05, 0) is 60.3 Å². The average molecular weight is 498 g/mol. The monoisotopic (exact) mass is 497 g/mol. The first kappa shape index (κ1) is 21.2. The van der Waals surface area contributed by atoms with Gasteiger partial charge in [-0.2, -0.15) is 0 Å². The van der Waals surface area contributed by atoms with E-state index in [1.807, 2.05) is 50.3 Å². The topological polar surface area (TPSA) is 74.3 Å². The van der Waals surface area contributed by atoms with Gasteiger partial charge < -0.3 is 19.5 Å². The van der Waals surface area contributed by atoms with Crippen LogP contribution in [0.15, 0.2) is 41.4 Å². The Kier molecular flexibility index (Phi) is 5.35. The maximum Gasteiger partial charge on any atom is 0.410 e. The molecule has 2 fully saturated rings. The van der Waals surface area contributed by atoms with Crippen LogP contribution in [-0.4, -0.2) is 57.2 Å². The molecule has 2 atom stereocenters. The number of anilines is 1. The van der Waals surface area contributed by atoms with Gasteiger partial charge in [0.2, 0.25) is 0 Å². The number of hydrogen-bond donors (Lipinski definition) is 1. The molecular weight excluding hydrogens is 470 g/mol. The molecule has 2 aliphatic heterocycles. The van der Waals surface area contributed by atoms with Crippen LogP contribution in [0.3, 0.4) is 0 Å². The van der Waals surface area contributed by atoms with Crippen molar-refractivity contribution in [1.82, 2.24) is 19.9 Å². The molecule has 0 bridgehead atoms. The summed E-state index contributed by atoms with van der Waals surface area (Å²) in [5, 5.41) is 1.13. The van der Waals surface area contributed by atoms with Gasteiger partial charge in [0.15, 0.2) is 0 Å². The molecule has 168 valence electrons. The first-order chi connectivity index (χ1) is 15.3. The first-order valence-electron chi connectivity index (χ1n) is 11.1. The van der Waals surface area contributed by atoms with Crippen LogP contribution < -0.4 is 4.90 Å². The number of carbonyl (C=O) groups excluding carboxylic acids is 1. The quantitative estimate of drug-likeness (QED) is 0.564. The largest absolute Gasteiger partial charge is 0.444 e. The van der Waals surface area contributed by atoms with Crippen molar-refractivity contribution in [3.63, 3.8) is 0 Å². The summed E-state index contributed by atoms with van der Waals surface area (Å²) in [5.74, 6) is 0.443. The number of aromatic nitrogens is 3. The Balaban J connectivity index is 1.45. The molecule has 3 aromatic heterocycles. The number of likely N-dealkylation sites (tertiary alicyclic amines) is 1. The van der Waals surface area contributed by atoms with Crippen molar-refractivity contribution in [2.45, 2.75) is 45.3 Å². The molecule has 5 rings (SSSR count). The lowest BCUT2D eigenvalue weighted by Gasteiger charge is -2.29. The van der Waals surface area contributed by atoms with Crippen molar-refractivity contribution in [3.8, 4) is 0 Å². The van der Waals surface area contributed by atoms with E-state index in [2.05, 4.69) is 41.8 Å². The van der Waals surface area contributed by atoms with Crippen molar-refractivity contribution in [3.05, 3.63) is 52.5 Å². The number of rotatable bonds is 3. The van der Waals surface area contributed by atoms with Crippen LogP contribution in [0, 0.1) is 5.92 Å². The zero-order valence-corrected chi connectivity index (χ0v) is 20.2. The molecule has 32 heavy (non-hydrogen) atoms. The molecular formula is C24H28BrN5O2. The zero-order valence-electron chi connectivity index (χ0n) is 18.6. The second-order valence-electron chi connectivity index (χ2n) is 9.73. The summed E-state index contributed by atoms with van der Waals surface area (Å²) in [7, 11) is 0. The number of aromatic amines is 1. The summed E-state index contributed by atoms with van der Waals surface area (Å²) >= 11 is 3.76. The Morgan fingerprint density at radius 3 is 2.91 bits per heavy atom. The van der Waals surface area contributed by atoms with Gasteiger partial charge in [0, 0.05) is 62.1 Å². The molecule has 0 radical (unpaired) electrons. The van der Waals surface area contributed by atoms with Crippen LogP contribution in [0.25, 0.3) is 11.0 Å². The van der Waals surface area contributed by atoms with Gasteiger partial charge in [0.05, 0.1) is 16.2 Å².